The maximum atomic E-state index is 11.9. The SMILES string of the molecule is Cc1cc(C)c(C)c(OCC(=O)Nc2cccc(I)c2)c1. The highest BCUT2D eigenvalue weighted by atomic mass is 127. The fourth-order valence-electron chi connectivity index (χ4n) is 2.06. The second-order valence-corrected chi connectivity index (χ2v) is 6.30. The third-order valence-electron chi connectivity index (χ3n) is 3.23. The maximum Gasteiger partial charge on any atom is 0.262 e. The zero-order chi connectivity index (χ0) is 15.4. The van der Waals surface area contributed by atoms with Crippen LogP contribution in [-0.4, -0.2) is 12.5 Å². The molecule has 0 saturated heterocycles. The van der Waals surface area contributed by atoms with Crippen molar-refractivity contribution in [1.82, 2.24) is 0 Å². The number of carbonyl (C=O) groups excluding carboxylic acids is 1. The molecule has 1 amide bonds. The van der Waals surface area contributed by atoms with Crippen molar-refractivity contribution in [2.75, 3.05) is 11.9 Å². The smallest absolute Gasteiger partial charge is 0.262 e. The van der Waals surface area contributed by atoms with Gasteiger partial charge in [-0.15, -0.1) is 0 Å². The Morgan fingerprint density at radius 3 is 2.67 bits per heavy atom. The van der Waals surface area contributed by atoms with E-state index in [0.29, 0.717) is 0 Å². The van der Waals surface area contributed by atoms with Gasteiger partial charge in [0.1, 0.15) is 5.75 Å². The molecule has 0 radical (unpaired) electrons. The van der Waals surface area contributed by atoms with Gasteiger partial charge in [-0.25, -0.2) is 0 Å². The molecule has 0 unspecified atom stereocenters. The van der Waals surface area contributed by atoms with E-state index in [4.69, 9.17) is 4.74 Å². The summed E-state index contributed by atoms with van der Waals surface area (Å²) in [5.41, 5.74) is 4.16. The van der Waals surface area contributed by atoms with Crippen LogP contribution in [0, 0.1) is 24.3 Å². The van der Waals surface area contributed by atoms with Crippen molar-refractivity contribution in [3.05, 3.63) is 56.7 Å². The van der Waals surface area contributed by atoms with Crippen LogP contribution in [0.3, 0.4) is 0 Å². The Labute approximate surface area is 138 Å². The standard InChI is InChI=1S/C17H18INO2/c1-11-7-12(2)13(3)16(8-11)21-10-17(20)19-15-6-4-5-14(18)9-15/h4-9H,10H2,1-3H3,(H,19,20). The van der Waals surface area contributed by atoms with Crippen LogP contribution < -0.4 is 10.1 Å². The Morgan fingerprint density at radius 2 is 1.95 bits per heavy atom. The molecule has 1 N–H and O–H groups in total. The van der Waals surface area contributed by atoms with Crippen molar-refractivity contribution in [3.63, 3.8) is 0 Å². The van der Waals surface area contributed by atoms with Crippen molar-refractivity contribution in [2.45, 2.75) is 20.8 Å². The van der Waals surface area contributed by atoms with E-state index in [1.54, 1.807) is 0 Å². The number of anilines is 1. The van der Waals surface area contributed by atoms with E-state index in [1.807, 2.05) is 51.1 Å². The van der Waals surface area contributed by atoms with E-state index in [-0.39, 0.29) is 12.5 Å². The fourth-order valence-corrected chi connectivity index (χ4v) is 2.60. The average molecular weight is 395 g/mol. The van der Waals surface area contributed by atoms with Crippen molar-refractivity contribution < 1.29 is 9.53 Å². The maximum absolute atomic E-state index is 11.9. The molecule has 0 fully saturated rings. The summed E-state index contributed by atoms with van der Waals surface area (Å²) in [6, 6.07) is 11.7. The average Bonchev–Trinajstić information content (AvgIpc) is 2.41. The summed E-state index contributed by atoms with van der Waals surface area (Å²) in [6.45, 7) is 6.07. The van der Waals surface area contributed by atoms with Crippen LogP contribution in [0.15, 0.2) is 36.4 Å². The van der Waals surface area contributed by atoms with Gasteiger partial charge >= 0.3 is 0 Å². The zero-order valence-electron chi connectivity index (χ0n) is 12.4. The minimum absolute atomic E-state index is 0.00913. The molecule has 0 bridgehead atoms. The molecule has 4 heteroatoms. The van der Waals surface area contributed by atoms with Crippen LogP contribution in [0.2, 0.25) is 0 Å². The lowest BCUT2D eigenvalue weighted by molar-refractivity contribution is -0.118. The second-order valence-electron chi connectivity index (χ2n) is 5.05. The third kappa shape index (κ3) is 4.46. The second kappa shape index (κ2) is 6.93. The number of aryl methyl sites for hydroxylation is 2. The minimum Gasteiger partial charge on any atom is -0.483 e. The molecule has 3 nitrogen and oxygen atoms in total. The number of benzene rings is 2. The lowest BCUT2D eigenvalue weighted by Gasteiger charge is -2.12. The van der Waals surface area contributed by atoms with Gasteiger partial charge < -0.3 is 10.1 Å². The lowest BCUT2D eigenvalue weighted by atomic mass is 10.1. The van der Waals surface area contributed by atoms with Crippen molar-refractivity contribution in [2.24, 2.45) is 0 Å². The summed E-state index contributed by atoms with van der Waals surface area (Å²) in [5.74, 6) is 0.612. The quantitative estimate of drug-likeness (QED) is 0.787. The number of ether oxygens (including phenoxy) is 1. The Hall–Kier alpha value is -1.56. The molecule has 0 heterocycles. The van der Waals surface area contributed by atoms with E-state index < -0.39 is 0 Å². The lowest BCUT2D eigenvalue weighted by Crippen LogP contribution is -2.20. The summed E-state index contributed by atoms with van der Waals surface area (Å²) in [5, 5.41) is 2.83. The predicted molar refractivity (Wildman–Crippen MR) is 93.9 cm³/mol. The van der Waals surface area contributed by atoms with Crippen LogP contribution in [0.5, 0.6) is 5.75 Å². The Bertz CT molecular complexity index is 668. The number of amides is 1. The largest absolute Gasteiger partial charge is 0.483 e. The Kier molecular flexibility index (Phi) is 5.22. The number of hydrogen-bond acceptors (Lipinski definition) is 2. The molecular formula is C17H18INO2. The molecular weight excluding hydrogens is 377 g/mol. The number of halogens is 1. The van der Waals surface area contributed by atoms with Crippen molar-refractivity contribution in [1.29, 1.82) is 0 Å². The summed E-state index contributed by atoms with van der Waals surface area (Å²) < 4.78 is 6.73. The molecule has 2 aromatic carbocycles. The molecule has 0 aliphatic heterocycles. The van der Waals surface area contributed by atoms with Crippen LogP contribution in [-0.2, 0) is 4.79 Å². The summed E-state index contributed by atoms with van der Waals surface area (Å²) in [4.78, 5) is 11.9. The first-order valence-electron chi connectivity index (χ1n) is 6.72. The van der Waals surface area contributed by atoms with Crippen molar-refractivity contribution >= 4 is 34.2 Å². The number of nitrogens with one attached hydrogen (secondary N) is 1. The van der Waals surface area contributed by atoms with Crippen LogP contribution in [0.4, 0.5) is 5.69 Å². The number of hydrogen-bond donors (Lipinski definition) is 1. The molecule has 0 saturated carbocycles. The molecule has 21 heavy (non-hydrogen) atoms. The van der Waals surface area contributed by atoms with Gasteiger partial charge in [0, 0.05) is 9.26 Å². The van der Waals surface area contributed by atoms with Gasteiger partial charge in [0.25, 0.3) is 5.91 Å². The van der Waals surface area contributed by atoms with Gasteiger partial charge in [-0.3, -0.25) is 4.79 Å². The highest BCUT2D eigenvalue weighted by molar-refractivity contribution is 14.1. The van der Waals surface area contributed by atoms with Gasteiger partial charge in [-0.2, -0.15) is 0 Å². The van der Waals surface area contributed by atoms with Crippen molar-refractivity contribution in [3.8, 4) is 5.75 Å². The monoisotopic (exact) mass is 395 g/mol. The Morgan fingerprint density at radius 1 is 1.19 bits per heavy atom. The topological polar surface area (TPSA) is 38.3 Å². The minimum atomic E-state index is -0.157. The van der Waals surface area contributed by atoms with E-state index in [9.17, 15) is 4.79 Å². The molecule has 110 valence electrons. The predicted octanol–water partition coefficient (Wildman–Crippen LogP) is 4.23. The summed E-state index contributed by atoms with van der Waals surface area (Å²) >= 11 is 2.21. The number of carbonyl (C=O) groups is 1. The fraction of sp³-hybridized carbons (Fsp3) is 0.235. The van der Waals surface area contributed by atoms with Gasteiger partial charge in [-0.1, -0.05) is 12.1 Å². The number of rotatable bonds is 4. The molecule has 2 aromatic rings. The highest BCUT2D eigenvalue weighted by Gasteiger charge is 2.08. The van der Waals surface area contributed by atoms with Gasteiger partial charge in [-0.05, 0) is 84.3 Å². The molecule has 2 rings (SSSR count). The third-order valence-corrected chi connectivity index (χ3v) is 3.90. The van der Waals surface area contributed by atoms with E-state index in [1.165, 1.54) is 5.56 Å². The molecule has 0 atom stereocenters. The first kappa shape index (κ1) is 15.8. The van der Waals surface area contributed by atoms with Gasteiger partial charge in [0.05, 0.1) is 0 Å². The Balaban J connectivity index is 1.98. The highest BCUT2D eigenvalue weighted by Crippen LogP contribution is 2.23. The normalized spacial score (nSPS) is 10.3. The first-order chi connectivity index (χ1) is 9.95. The first-order valence-corrected chi connectivity index (χ1v) is 7.79. The molecule has 0 aliphatic carbocycles. The molecule has 0 spiro atoms. The van der Waals surface area contributed by atoms with Gasteiger partial charge in [0.15, 0.2) is 6.61 Å². The van der Waals surface area contributed by atoms with E-state index in [0.717, 1.165) is 26.1 Å². The van der Waals surface area contributed by atoms with Crippen LogP contribution >= 0.6 is 22.6 Å². The molecule has 0 aromatic heterocycles. The van der Waals surface area contributed by atoms with E-state index in [2.05, 4.69) is 34.0 Å². The molecule has 0 aliphatic rings. The zero-order valence-corrected chi connectivity index (χ0v) is 14.5. The van der Waals surface area contributed by atoms with Crippen LogP contribution in [0.1, 0.15) is 16.7 Å². The van der Waals surface area contributed by atoms with E-state index >= 15 is 0 Å². The van der Waals surface area contributed by atoms with Gasteiger partial charge in [0.2, 0.25) is 0 Å². The van der Waals surface area contributed by atoms with Crippen LogP contribution in [0.25, 0.3) is 0 Å². The summed E-state index contributed by atoms with van der Waals surface area (Å²) in [7, 11) is 0. The summed E-state index contributed by atoms with van der Waals surface area (Å²) in [6.07, 6.45) is 0.